The number of ether oxygens (including phenoxy) is 2. The van der Waals surface area contributed by atoms with Gasteiger partial charge in [-0.2, -0.15) is 0 Å². The van der Waals surface area contributed by atoms with Crippen LogP contribution in [0.3, 0.4) is 0 Å². The van der Waals surface area contributed by atoms with Crippen molar-refractivity contribution < 1.29 is 14.3 Å². The van der Waals surface area contributed by atoms with Gasteiger partial charge < -0.3 is 24.6 Å². The number of hydrogen-bond donors (Lipinski definition) is 1. The minimum absolute atomic E-state index is 0.169. The van der Waals surface area contributed by atoms with E-state index in [0.29, 0.717) is 0 Å². The maximum atomic E-state index is 12.5. The lowest BCUT2D eigenvalue weighted by atomic mass is 10.2. The van der Waals surface area contributed by atoms with Crippen molar-refractivity contribution in [2.24, 2.45) is 4.99 Å². The molecule has 0 saturated carbocycles. The fraction of sp³-hybridized carbons (Fsp3) is 0.900. The molecule has 8 nitrogen and oxygen atoms in total. The van der Waals surface area contributed by atoms with Gasteiger partial charge in [0.05, 0.1) is 13.2 Å². The Morgan fingerprint density at radius 1 is 1.04 bits per heavy atom. The minimum atomic E-state index is -0.208. The third kappa shape index (κ3) is 6.32. The molecule has 8 heteroatoms. The number of carbonyl (C=O) groups excluding carboxylic acids is 1. The van der Waals surface area contributed by atoms with E-state index >= 15 is 0 Å². The number of nitrogens with one attached hydrogen (secondary N) is 1. The predicted octanol–water partition coefficient (Wildman–Crippen LogP) is 0.388. The van der Waals surface area contributed by atoms with Crippen molar-refractivity contribution in [2.45, 2.75) is 38.7 Å². The molecule has 0 radical (unpaired) electrons. The van der Waals surface area contributed by atoms with Crippen molar-refractivity contribution in [3.8, 4) is 0 Å². The number of rotatable bonds is 7. The summed E-state index contributed by atoms with van der Waals surface area (Å²) >= 11 is 0. The average molecular weight is 396 g/mol. The zero-order valence-electron chi connectivity index (χ0n) is 17.4. The third-order valence-electron chi connectivity index (χ3n) is 5.68. The van der Waals surface area contributed by atoms with Crippen LogP contribution in [-0.2, 0) is 14.3 Å². The molecule has 1 unspecified atom stereocenters. The molecule has 1 N–H and O–H groups in total. The summed E-state index contributed by atoms with van der Waals surface area (Å²) in [6, 6.07) is 0. The van der Waals surface area contributed by atoms with E-state index in [-0.39, 0.29) is 12.0 Å². The maximum absolute atomic E-state index is 12.5. The van der Waals surface area contributed by atoms with E-state index in [0.717, 1.165) is 104 Å². The second kappa shape index (κ2) is 11.6. The normalized spacial score (nSPS) is 24.6. The number of carbonyl (C=O) groups is 1. The molecule has 3 heterocycles. The van der Waals surface area contributed by atoms with Crippen LogP contribution >= 0.6 is 0 Å². The largest absolute Gasteiger partial charge is 0.379 e. The quantitative estimate of drug-likeness (QED) is 0.382. The number of piperazine rings is 1. The van der Waals surface area contributed by atoms with Gasteiger partial charge in [0.15, 0.2) is 5.96 Å². The molecule has 0 bridgehead atoms. The molecule has 0 aromatic carbocycles. The predicted molar refractivity (Wildman–Crippen MR) is 110 cm³/mol. The molecule has 3 aliphatic heterocycles. The Morgan fingerprint density at radius 2 is 1.79 bits per heavy atom. The molecule has 0 aliphatic carbocycles. The van der Waals surface area contributed by atoms with Crippen LogP contribution in [0.4, 0.5) is 0 Å². The topological polar surface area (TPSA) is 69.6 Å². The molecule has 160 valence electrons. The number of aliphatic imine (C=N–C) groups is 1. The highest BCUT2D eigenvalue weighted by molar-refractivity contribution is 5.82. The van der Waals surface area contributed by atoms with E-state index in [1.165, 1.54) is 6.42 Å². The SMILES string of the molecule is CCNC(=NCCCCN1CCOCC1)N1CCN(C(=O)C2CCCO2)CC1. The van der Waals surface area contributed by atoms with Gasteiger partial charge in [-0.05, 0) is 39.2 Å². The Bertz CT molecular complexity index is 496. The van der Waals surface area contributed by atoms with Crippen LogP contribution < -0.4 is 5.32 Å². The lowest BCUT2D eigenvalue weighted by molar-refractivity contribution is -0.142. The Kier molecular flexibility index (Phi) is 8.82. The van der Waals surface area contributed by atoms with Gasteiger partial charge in [-0.3, -0.25) is 14.7 Å². The summed E-state index contributed by atoms with van der Waals surface area (Å²) < 4.78 is 10.9. The molecular formula is C20H37N5O3. The zero-order valence-corrected chi connectivity index (χ0v) is 17.4. The van der Waals surface area contributed by atoms with Gasteiger partial charge in [0.1, 0.15) is 6.10 Å². The summed E-state index contributed by atoms with van der Waals surface area (Å²) in [5, 5.41) is 3.41. The third-order valence-corrected chi connectivity index (χ3v) is 5.68. The van der Waals surface area contributed by atoms with Crippen LogP contribution in [0, 0.1) is 0 Å². The van der Waals surface area contributed by atoms with Crippen LogP contribution in [0.25, 0.3) is 0 Å². The Labute approximate surface area is 169 Å². The zero-order chi connectivity index (χ0) is 19.6. The van der Waals surface area contributed by atoms with E-state index < -0.39 is 0 Å². The molecular weight excluding hydrogens is 358 g/mol. The van der Waals surface area contributed by atoms with Crippen molar-refractivity contribution in [3.05, 3.63) is 0 Å². The molecule has 3 aliphatic rings. The number of hydrogen-bond acceptors (Lipinski definition) is 5. The summed E-state index contributed by atoms with van der Waals surface area (Å²) in [6.07, 6.45) is 3.93. The lowest BCUT2D eigenvalue weighted by Crippen LogP contribution is -2.55. The van der Waals surface area contributed by atoms with Crippen molar-refractivity contribution in [1.29, 1.82) is 0 Å². The number of amides is 1. The molecule has 3 saturated heterocycles. The van der Waals surface area contributed by atoms with Crippen molar-refractivity contribution in [3.63, 3.8) is 0 Å². The van der Waals surface area contributed by atoms with Gasteiger partial charge in [-0.1, -0.05) is 0 Å². The number of nitrogens with zero attached hydrogens (tertiary/aromatic N) is 4. The van der Waals surface area contributed by atoms with Crippen LogP contribution in [0.15, 0.2) is 4.99 Å². The first-order valence-corrected chi connectivity index (χ1v) is 11.0. The second-order valence-electron chi connectivity index (χ2n) is 7.71. The summed E-state index contributed by atoms with van der Waals surface area (Å²) in [4.78, 5) is 24.0. The number of guanidine groups is 1. The lowest BCUT2D eigenvalue weighted by Gasteiger charge is -2.37. The highest BCUT2D eigenvalue weighted by Gasteiger charge is 2.30. The van der Waals surface area contributed by atoms with Crippen molar-refractivity contribution >= 4 is 11.9 Å². The summed E-state index contributed by atoms with van der Waals surface area (Å²) in [7, 11) is 0. The van der Waals surface area contributed by atoms with E-state index in [1.54, 1.807) is 0 Å². The first-order valence-electron chi connectivity index (χ1n) is 11.0. The Balaban J connectivity index is 1.38. The molecule has 0 spiro atoms. The standard InChI is InChI=1S/C20H37N5O3/c1-2-21-20(22-7-3-4-8-23-13-16-27-17-14-23)25-11-9-24(10-12-25)19(26)18-6-5-15-28-18/h18H,2-17H2,1H3,(H,21,22). The molecule has 3 fully saturated rings. The van der Waals surface area contributed by atoms with E-state index in [2.05, 4.69) is 22.0 Å². The first-order chi connectivity index (χ1) is 13.8. The van der Waals surface area contributed by atoms with Gasteiger partial charge in [0.2, 0.25) is 0 Å². The van der Waals surface area contributed by atoms with E-state index in [9.17, 15) is 4.79 Å². The van der Waals surface area contributed by atoms with Crippen LogP contribution in [0.1, 0.15) is 32.6 Å². The number of morpholine rings is 1. The molecule has 0 aromatic rings. The van der Waals surface area contributed by atoms with Gasteiger partial charge in [-0.15, -0.1) is 0 Å². The second-order valence-corrected chi connectivity index (χ2v) is 7.71. The van der Waals surface area contributed by atoms with Crippen molar-refractivity contribution in [2.75, 3.05) is 78.7 Å². The van der Waals surface area contributed by atoms with Gasteiger partial charge >= 0.3 is 0 Å². The van der Waals surface area contributed by atoms with Crippen LogP contribution in [0.5, 0.6) is 0 Å². The average Bonchev–Trinajstić information content (AvgIpc) is 3.28. The first kappa shape index (κ1) is 21.3. The molecule has 1 amide bonds. The Hall–Kier alpha value is -1.38. The maximum Gasteiger partial charge on any atom is 0.251 e. The molecule has 3 rings (SSSR count). The van der Waals surface area contributed by atoms with E-state index in [4.69, 9.17) is 14.5 Å². The fourth-order valence-corrected chi connectivity index (χ4v) is 4.00. The van der Waals surface area contributed by atoms with Crippen LogP contribution in [0.2, 0.25) is 0 Å². The number of unbranched alkanes of at least 4 members (excludes halogenated alkanes) is 1. The minimum Gasteiger partial charge on any atom is -0.379 e. The van der Waals surface area contributed by atoms with Crippen molar-refractivity contribution in [1.82, 2.24) is 20.0 Å². The highest BCUT2D eigenvalue weighted by Crippen LogP contribution is 2.16. The highest BCUT2D eigenvalue weighted by atomic mass is 16.5. The summed E-state index contributed by atoms with van der Waals surface area (Å²) in [5.41, 5.74) is 0. The van der Waals surface area contributed by atoms with Gasteiger partial charge in [-0.25, -0.2) is 0 Å². The Morgan fingerprint density at radius 3 is 2.46 bits per heavy atom. The summed E-state index contributed by atoms with van der Waals surface area (Å²) in [6.45, 7) is 12.7. The molecule has 1 atom stereocenters. The van der Waals surface area contributed by atoms with Gasteiger partial charge in [0, 0.05) is 59.0 Å². The van der Waals surface area contributed by atoms with E-state index in [1.807, 2.05) is 4.90 Å². The van der Waals surface area contributed by atoms with Gasteiger partial charge in [0.25, 0.3) is 5.91 Å². The monoisotopic (exact) mass is 395 g/mol. The fourth-order valence-electron chi connectivity index (χ4n) is 4.00. The smallest absolute Gasteiger partial charge is 0.251 e. The summed E-state index contributed by atoms with van der Waals surface area (Å²) in [5.74, 6) is 1.15. The molecule has 0 aromatic heterocycles. The molecule has 28 heavy (non-hydrogen) atoms. The van der Waals surface area contributed by atoms with Crippen LogP contribution in [-0.4, -0.2) is 111 Å².